The first-order valence-corrected chi connectivity index (χ1v) is 11.4. The Morgan fingerprint density at radius 2 is 1.93 bits per heavy atom. The first-order valence-electron chi connectivity index (χ1n) is 10.7. The van der Waals surface area contributed by atoms with E-state index in [4.69, 9.17) is 14.2 Å². The lowest BCUT2D eigenvalue weighted by Gasteiger charge is -2.33. The van der Waals surface area contributed by atoms with Gasteiger partial charge in [-0.25, -0.2) is 14.6 Å². The Kier molecular flexibility index (Phi) is 12.3. The Morgan fingerprint density at radius 3 is 2.62 bits per heavy atom. The summed E-state index contributed by atoms with van der Waals surface area (Å²) in [6, 6.07) is 0.192. The van der Waals surface area contributed by atoms with Crippen molar-refractivity contribution < 1.29 is 23.8 Å². The van der Waals surface area contributed by atoms with Gasteiger partial charge in [-0.2, -0.15) is 12.6 Å². The van der Waals surface area contributed by atoms with E-state index in [9.17, 15) is 9.59 Å². The number of rotatable bonds is 12. The van der Waals surface area contributed by atoms with Crippen LogP contribution in [0.1, 0.15) is 51.4 Å². The number of alkyl carbamates (subject to hydrolysis) is 1. The number of aliphatic imine (C=N–C) groups is 1. The third kappa shape index (κ3) is 10.5. The van der Waals surface area contributed by atoms with E-state index in [0.717, 1.165) is 63.2 Å². The van der Waals surface area contributed by atoms with E-state index < -0.39 is 6.09 Å². The van der Waals surface area contributed by atoms with Gasteiger partial charge in [0.05, 0.1) is 26.0 Å². The van der Waals surface area contributed by atoms with Crippen molar-refractivity contribution in [2.75, 3.05) is 38.8 Å². The molecule has 2 N–H and O–H groups in total. The molecule has 166 valence electrons. The van der Waals surface area contributed by atoms with Crippen LogP contribution < -0.4 is 10.6 Å². The Bertz CT molecular complexity index is 502. The molecule has 8 nitrogen and oxygen atoms in total. The number of nitrogens with zero attached hydrogens (tertiary/aromatic N) is 1. The van der Waals surface area contributed by atoms with Gasteiger partial charge in [0, 0.05) is 6.54 Å². The first-order chi connectivity index (χ1) is 14.2. The van der Waals surface area contributed by atoms with E-state index in [1.165, 1.54) is 6.42 Å². The molecule has 9 heteroatoms. The van der Waals surface area contributed by atoms with Crippen LogP contribution in [0.25, 0.3) is 0 Å². The number of nitrogens with one attached hydrogen (secondary N) is 2. The molecule has 1 aliphatic carbocycles. The average molecular weight is 430 g/mol. The van der Waals surface area contributed by atoms with Gasteiger partial charge in [0.2, 0.25) is 6.08 Å². The Morgan fingerprint density at radius 1 is 1.14 bits per heavy atom. The fourth-order valence-corrected chi connectivity index (χ4v) is 4.10. The molecule has 0 radical (unpaired) electrons. The number of amides is 1. The van der Waals surface area contributed by atoms with Crippen molar-refractivity contribution in [3.8, 4) is 0 Å². The van der Waals surface area contributed by atoms with E-state index in [1.54, 1.807) is 6.08 Å². The average Bonchev–Trinajstić information content (AvgIpc) is 2.73. The van der Waals surface area contributed by atoms with E-state index in [2.05, 4.69) is 28.3 Å². The van der Waals surface area contributed by atoms with Gasteiger partial charge in [-0.3, -0.25) is 5.32 Å². The molecule has 2 unspecified atom stereocenters. The first kappa shape index (κ1) is 24.2. The molecule has 2 aliphatic rings. The molecule has 1 heterocycles. The van der Waals surface area contributed by atoms with Crippen LogP contribution in [0, 0.1) is 11.8 Å². The molecule has 2 fully saturated rings. The summed E-state index contributed by atoms with van der Waals surface area (Å²) in [6.07, 6.45) is 9.76. The van der Waals surface area contributed by atoms with Crippen LogP contribution in [0.15, 0.2) is 4.99 Å². The van der Waals surface area contributed by atoms with Crippen LogP contribution in [0.4, 0.5) is 4.79 Å². The zero-order chi connectivity index (χ0) is 20.7. The molecule has 0 spiro atoms. The summed E-state index contributed by atoms with van der Waals surface area (Å²) in [5, 5.41) is 5.88. The van der Waals surface area contributed by atoms with Crippen LogP contribution >= 0.6 is 12.6 Å². The molecule has 0 bridgehead atoms. The second-order valence-corrected chi connectivity index (χ2v) is 8.24. The summed E-state index contributed by atoms with van der Waals surface area (Å²) in [5.41, 5.74) is 0. The molecule has 1 amide bonds. The lowest BCUT2D eigenvalue weighted by molar-refractivity contribution is -0.0595. The van der Waals surface area contributed by atoms with Crippen molar-refractivity contribution in [1.29, 1.82) is 0 Å². The predicted molar refractivity (Wildman–Crippen MR) is 113 cm³/mol. The van der Waals surface area contributed by atoms with Gasteiger partial charge in [-0.05, 0) is 69.0 Å². The zero-order valence-electron chi connectivity index (χ0n) is 17.1. The third-order valence-corrected chi connectivity index (χ3v) is 5.88. The molecular weight excluding hydrogens is 394 g/mol. The van der Waals surface area contributed by atoms with Gasteiger partial charge >= 0.3 is 6.09 Å². The number of hydrogen-bond donors (Lipinski definition) is 3. The quantitative estimate of drug-likeness (QED) is 0.145. The summed E-state index contributed by atoms with van der Waals surface area (Å²) in [5.74, 6) is 2.07. The minimum absolute atomic E-state index is 0.0226. The number of hydrogen-bond acceptors (Lipinski definition) is 8. The van der Waals surface area contributed by atoms with Crippen molar-refractivity contribution in [2.24, 2.45) is 16.8 Å². The fourth-order valence-electron chi connectivity index (χ4n) is 3.95. The van der Waals surface area contributed by atoms with Crippen LogP contribution in [-0.2, 0) is 19.0 Å². The summed E-state index contributed by atoms with van der Waals surface area (Å²) in [6.45, 7) is 2.29. The van der Waals surface area contributed by atoms with Crippen LogP contribution in [0.2, 0.25) is 0 Å². The molecule has 2 rings (SSSR count). The molecule has 0 aromatic carbocycles. The number of carbonyl (C=O) groups excluding carboxylic acids is 2. The maximum atomic E-state index is 11.3. The highest BCUT2D eigenvalue weighted by Crippen LogP contribution is 2.33. The Balaban J connectivity index is 1.44. The molecule has 0 aromatic rings. The molecule has 1 aliphatic heterocycles. The summed E-state index contributed by atoms with van der Waals surface area (Å²) in [7, 11) is 0. The number of thiol groups is 1. The Hall–Kier alpha value is -1.12. The maximum Gasteiger partial charge on any atom is 0.407 e. The van der Waals surface area contributed by atoms with Gasteiger partial charge in [0.1, 0.15) is 12.8 Å². The van der Waals surface area contributed by atoms with Gasteiger partial charge < -0.3 is 19.5 Å². The SMILES string of the molecule is O=C=NC1CCC(CC2CCC(NCOCCOC(=O)NCCCS)OC2)CC1. The molecule has 0 aromatic heterocycles. The highest BCUT2D eigenvalue weighted by Gasteiger charge is 2.27. The van der Waals surface area contributed by atoms with Gasteiger partial charge in [-0.1, -0.05) is 0 Å². The topological polar surface area (TPSA) is 98.3 Å². The Labute approximate surface area is 178 Å². The van der Waals surface area contributed by atoms with E-state index >= 15 is 0 Å². The largest absolute Gasteiger partial charge is 0.447 e. The van der Waals surface area contributed by atoms with Gasteiger partial charge in [0.25, 0.3) is 0 Å². The predicted octanol–water partition coefficient (Wildman–Crippen LogP) is 2.63. The number of ether oxygens (including phenoxy) is 3. The van der Waals surface area contributed by atoms with Crippen LogP contribution in [-0.4, -0.2) is 63.3 Å². The normalized spacial score (nSPS) is 27.1. The van der Waals surface area contributed by atoms with Crippen molar-refractivity contribution in [3.63, 3.8) is 0 Å². The summed E-state index contributed by atoms with van der Waals surface area (Å²) in [4.78, 5) is 25.6. The second-order valence-electron chi connectivity index (χ2n) is 7.79. The van der Waals surface area contributed by atoms with Crippen molar-refractivity contribution >= 4 is 24.8 Å². The highest BCUT2D eigenvalue weighted by molar-refractivity contribution is 7.80. The molecule has 1 saturated carbocycles. The van der Waals surface area contributed by atoms with Gasteiger partial charge in [-0.15, -0.1) is 0 Å². The number of isocyanates is 1. The van der Waals surface area contributed by atoms with E-state index in [0.29, 0.717) is 25.8 Å². The fraction of sp³-hybridized carbons (Fsp3) is 0.900. The smallest absolute Gasteiger partial charge is 0.407 e. The zero-order valence-corrected chi connectivity index (χ0v) is 18.0. The van der Waals surface area contributed by atoms with Crippen molar-refractivity contribution in [1.82, 2.24) is 10.6 Å². The third-order valence-electron chi connectivity index (χ3n) is 5.57. The van der Waals surface area contributed by atoms with Crippen LogP contribution in [0.3, 0.4) is 0 Å². The van der Waals surface area contributed by atoms with E-state index in [1.807, 2.05) is 0 Å². The van der Waals surface area contributed by atoms with Gasteiger partial charge in [0.15, 0.2) is 0 Å². The second kappa shape index (κ2) is 14.8. The van der Waals surface area contributed by atoms with E-state index in [-0.39, 0.29) is 18.9 Å². The van der Waals surface area contributed by atoms with Crippen molar-refractivity contribution in [2.45, 2.75) is 63.6 Å². The lowest BCUT2D eigenvalue weighted by atomic mass is 9.79. The highest BCUT2D eigenvalue weighted by atomic mass is 32.1. The standard InChI is InChI=1S/C20H35N3O5S/c24-14-22-18-5-2-16(3-6-18)12-17-4-7-19(28-13-17)23-15-26-9-10-27-20(25)21-8-1-11-29/h16-19,23,29H,1-13,15H2,(H,21,25). The molecule has 1 saturated heterocycles. The molecular formula is C20H35N3O5S. The lowest BCUT2D eigenvalue weighted by Crippen LogP contribution is -2.39. The molecule has 2 atom stereocenters. The maximum absolute atomic E-state index is 11.3. The minimum atomic E-state index is -0.421. The summed E-state index contributed by atoms with van der Waals surface area (Å²) < 4.78 is 16.4. The van der Waals surface area contributed by atoms with Crippen LogP contribution in [0.5, 0.6) is 0 Å². The number of carbonyl (C=O) groups is 1. The van der Waals surface area contributed by atoms with Crippen molar-refractivity contribution in [3.05, 3.63) is 0 Å². The minimum Gasteiger partial charge on any atom is -0.447 e. The summed E-state index contributed by atoms with van der Waals surface area (Å²) >= 11 is 4.08. The molecule has 29 heavy (non-hydrogen) atoms. The monoisotopic (exact) mass is 429 g/mol.